The van der Waals surface area contributed by atoms with E-state index < -0.39 is 11.4 Å². The fraction of sp³-hybridized carbons (Fsp3) is 0.364. The van der Waals surface area contributed by atoms with E-state index in [-0.39, 0.29) is 6.61 Å². The SMILES string of the molecule is CC(C)(COc1ccccc1)C([O])=O. The fourth-order valence-corrected chi connectivity index (χ4v) is 0.839. The fourth-order valence-electron chi connectivity index (χ4n) is 0.839. The maximum absolute atomic E-state index is 10.7. The number of carbonyl (C=O) groups excluding carboxylic acids is 1. The zero-order valence-electron chi connectivity index (χ0n) is 8.32. The van der Waals surface area contributed by atoms with Gasteiger partial charge in [0.05, 0.1) is 0 Å². The van der Waals surface area contributed by atoms with E-state index in [9.17, 15) is 9.90 Å². The first-order chi connectivity index (χ1) is 6.52. The molecule has 0 amide bonds. The largest absolute Gasteiger partial charge is 0.492 e. The first-order valence-corrected chi connectivity index (χ1v) is 4.42. The number of hydrogen-bond donors (Lipinski definition) is 0. The third-order valence-electron chi connectivity index (χ3n) is 1.90. The highest BCUT2D eigenvalue weighted by atomic mass is 16.5. The monoisotopic (exact) mass is 193 g/mol. The second kappa shape index (κ2) is 4.13. The number of benzene rings is 1. The number of rotatable bonds is 4. The van der Waals surface area contributed by atoms with Crippen molar-refractivity contribution in [3.8, 4) is 5.75 Å². The average Bonchev–Trinajstić information content (AvgIpc) is 2.16. The molecule has 0 atom stereocenters. The molecular weight excluding hydrogens is 180 g/mol. The van der Waals surface area contributed by atoms with Crippen molar-refractivity contribution in [2.75, 3.05) is 6.61 Å². The lowest BCUT2D eigenvalue weighted by Crippen LogP contribution is -2.29. The molecule has 0 saturated heterocycles. The van der Waals surface area contributed by atoms with Gasteiger partial charge in [-0.3, -0.25) is 0 Å². The van der Waals surface area contributed by atoms with E-state index in [1.165, 1.54) is 0 Å². The van der Waals surface area contributed by atoms with E-state index in [0.29, 0.717) is 5.75 Å². The maximum atomic E-state index is 10.7. The lowest BCUT2D eigenvalue weighted by Gasteiger charge is -2.17. The zero-order chi connectivity index (χ0) is 10.6. The summed E-state index contributed by atoms with van der Waals surface area (Å²) < 4.78 is 5.31. The van der Waals surface area contributed by atoms with Crippen molar-refractivity contribution in [1.82, 2.24) is 0 Å². The summed E-state index contributed by atoms with van der Waals surface area (Å²) in [6, 6.07) is 9.11. The Kier molecular flexibility index (Phi) is 3.12. The molecule has 0 saturated carbocycles. The highest BCUT2D eigenvalue weighted by Gasteiger charge is 2.29. The third-order valence-corrected chi connectivity index (χ3v) is 1.90. The molecule has 0 aliphatic heterocycles. The van der Waals surface area contributed by atoms with Crippen molar-refractivity contribution in [3.05, 3.63) is 30.3 Å². The molecular formula is C11H13O3. The topological polar surface area (TPSA) is 46.2 Å². The minimum Gasteiger partial charge on any atom is -0.492 e. The lowest BCUT2D eigenvalue weighted by atomic mass is 9.95. The van der Waals surface area contributed by atoms with Gasteiger partial charge in [-0.15, -0.1) is 0 Å². The van der Waals surface area contributed by atoms with Crippen molar-refractivity contribution in [3.63, 3.8) is 0 Å². The molecule has 1 aromatic carbocycles. The highest BCUT2D eigenvalue weighted by Crippen LogP contribution is 2.18. The van der Waals surface area contributed by atoms with Gasteiger partial charge in [0.2, 0.25) is 0 Å². The van der Waals surface area contributed by atoms with Gasteiger partial charge in [-0.05, 0) is 26.0 Å². The van der Waals surface area contributed by atoms with Crippen LogP contribution in [0.1, 0.15) is 13.8 Å². The van der Waals surface area contributed by atoms with E-state index in [1.807, 2.05) is 18.2 Å². The molecule has 0 spiro atoms. The molecule has 75 valence electrons. The minimum atomic E-state index is -1.10. The molecule has 1 rings (SSSR count). The number of hydrogen-bond acceptors (Lipinski definition) is 2. The van der Waals surface area contributed by atoms with E-state index in [2.05, 4.69) is 0 Å². The Balaban J connectivity index is 2.53. The number of para-hydroxylation sites is 1. The second-order valence-corrected chi connectivity index (χ2v) is 3.77. The second-order valence-electron chi connectivity index (χ2n) is 3.77. The van der Waals surface area contributed by atoms with Gasteiger partial charge in [0.1, 0.15) is 17.8 Å². The Morgan fingerprint density at radius 3 is 2.36 bits per heavy atom. The van der Waals surface area contributed by atoms with Gasteiger partial charge in [-0.2, -0.15) is 0 Å². The summed E-state index contributed by atoms with van der Waals surface area (Å²) in [4.78, 5) is 10.7. The summed E-state index contributed by atoms with van der Waals surface area (Å²) >= 11 is 0. The van der Waals surface area contributed by atoms with Crippen molar-refractivity contribution in [2.24, 2.45) is 5.41 Å². The molecule has 1 radical (unpaired) electrons. The van der Waals surface area contributed by atoms with Crippen LogP contribution in [0.2, 0.25) is 0 Å². The van der Waals surface area contributed by atoms with Crippen LogP contribution in [0.25, 0.3) is 0 Å². The van der Waals surface area contributed by atoms with E-state index in [4.69, 9.17) is 4.74 Å². The predicted octanol–water partition coefficient (Wildman–Crippen LogP) is 2.05. The summed E-state index contributed by atoms with van der Waals surface area (Å²) in [6.45, 7) is 3.26. The van der Waals surface area contributed by atoms with Gasteiger partial charge >= 0.3 is 5.97 Å². The molecule has 3 nitrogen and oxygen atoms in total. The summed E-state index contributed by atoms with van der Waals surface area (Å²) in [5.74, 6) is -0.435. The van der Waals surface area contributed by atoms with Crippen LogP contribution in [0.15, 0.2) is 30.3 Å². The molecule has 0 aliphatic carbocycles. The first kappa shape index (κ1) is 10.6. The molecule has 1 aromatic rings. The Morgan fingerprint density at radius 1 is 1.29 bits per heavy atom. The zero-order valence-corrected chi connectivity index (χ0v) is 8.32. The van der Waals surface area contributed by atoms with Crippen LogP contribution < -0.4 is 4.74 Å². The van der Waals surface area contributed by atoms with Gasteiger partial charge in [0, 0.05) is 0 Å². The van der Waals surface area contributed by atoms with E-state index in [1.54, 1.807) is 26.0 Å². The summed E-state index contributed by atoms with van der Waals surface area (Å²) in [5.41, 5.74) is -0.962. The number of carbonyl (C=O) groups is 1. The molecule has 0 fully saturated rings. The Morgan fingerprint density at radius 2 is 1.86 bits per heavy atom. The quantitative estimate of drug-likeness (QED) is 0.734. The maximum Gasteiger partial charge on any atom is 0.364 e. The van der Waals surface area contributed by atoms with E-state index in [0.717, 1.165) is 0 Å². The summed E-state index contributed by atoms with van der Waals surface area (Å²) in [7, 11) is 0. The molecule has 0 aromatic heterocycles. The molecule has 14 heavy (non-hydrogen) atoms. The van der Waals surface area contributed by atoms with Gasteiger partial charge in [0.15, 0.2) is 0 Å². The van der Waals surface area contributed by atoms with Crippen LogP contribution in [0.3, 0.4) is 0 Å². The van der Waals surface area contributed by atoms with Crippen LogP contribution in [-0.4, -0.2) is 12.6 Å². The van der Waals surface area contributed by atoms with Gasteiger partial charge in [-0.25, -0.2) is 9.90 Å². The Labute approximate surface area is 83.3 Å². The molecule has 0 heterocycles. The average molecular weight is 193 g/mol. The van der Waals surface area contributed by atoms with E-state index >= 15 is 0 Å². The van der Waals surface area contributed by atoms with Crippen molar-refractivity contribution in [2.45, 2.75) is 13.8 Å². The Hall–Kier alpha value is -1.51. The van der Waals surface area contributed by atoms with Gasteiger partial charge in [-0.1, -0.05) is 18.2 Å². The van der Waals surface area contributed by atoms with Crippen LogP contribution in [0.4, 0.5) is 0 Å². The summed E-state index contributed by atoms with van der Waals surface area (Å²) in [6.07, 6.45) is 0. The van der Waals surface area contributed by atoms with Crippen LogP contribution in [-0.2, 0) is 9.90 Å². The predicted molar refractivity (Wildman–Crippen MR) is 51.4 cm³/mol. The van der Waals surface area contributed by atoms with Crippen LogP contribution >= 0.6 is 0 Å². The molecule has 0 bridgehead atoms. The third kappa shape index (κ3) is 2.76. The molecule has 0 aliphatic rings. The van der Waals surface area contributed by atoms with Crippen LogP contribution in [0.5, 0.6) is 5.75 Å². The highest BCUT2D eigenvalue weighted by molar-refractivity contribution is 5.73. The molecule has 3 heteroatoms. The number of ether oxygens (including phenoxy) is 1. The lowest BCUT2D eigenvalue weighted by molar-refractivity contribution is -0.155. The molecule has 0 unspecified atom stereocenters. The van der Waals surface area contributed by atoms with Gasteiger partial charge in [0.25, 0.3) is 0 Å². The minimum absolute atomic E-state index is 0.110. The Bertz CT molecular complexity index is 304. The first-order valence-electron chi connectivity index (χ1n) is 4.42. The van der Waals surface area contributed by atoms with Crippen molar-refractivity contribution >= 4 is 5.97 Å². The standard InChI is InChI=1S/C11H13O3/c1-11(2,10(12)13)8-14-9-6-4-3-5-7-9/h3-7H,8H2,1-2H3. The summed E-state index contributed by atoms with van der Waals surface area (Å²) in [5, 5.41) is 10.7. The van der Waals surface area contributed by atoms with Gasteiger partial charge < -0.3 is 4.74 Å². The molecule has 0 N–H and O–H groups in total. The van der Waals surface area contributed by atoms with Crippen LogP contribution in [0, 0.1) is 5.41 Å². The van der Waals surface area contributed by atoms with Crippen molar-refractivity contribution < 1.29 is 14.6 Å². The smallest absolute Gasteiger partial charge is 0.364 e. The van der Waals surface area contributed by atoms with Crippen molar-refractivity contribution in [1.29, 1.82) is 0 Å². The normalized spacial score (nSPS) is 11.0.